The van der Waals surface area contributed by atoms with E-state index in [-0.39, 0.29) is 5.69 Å². The minimum atomic E-state index is -1.09. The van der Waals surface area contributed by atoms with E-state index in [0.29, 0.717) is 29.4 Å². The largest absolute Gasteiger partial charge is 0.493 e. The van der Waals surface area contributed by atoms with Crippen LogP contribution in [0.4, 0.5) is 15.8 Å². The number of anilines is 2. The molecular formula is C28H27FN2O5. The second kappa shape index (κ2) is 9.99. The average molecular weight is 491 g/mol. The van der Waals surface area contributed by atoms with Gasteiger partial charge in [-0.1, -0.05) is 49.7 Å². The predicted molar refractivity (Wildman–Crippen MR) is 132 cm³/mol. The molecule has 186 valence electrons. The van der Waals surface area contributed by atoms with Crippen LogP contribution in [-0.2, 0) is 14.4 Å². The van der Waals surface area contributed by atoms with Gasteiger partial charge in [-0.25, -0.2) is 14.4 Å². The third kappa shape index (κ3) is 4.07. The van der Waals surface area contributed by atoms with Gasteiger partial charge in [0.2, 0.25) is 5.91 Å². The SMILES string of the molecule is CCCCOc1ccc([C@H]2[C@H]3C(=O)N(c4ccccc4F)C(=O)[C@@H]3ON2c2ccccc2)cc1OC. The van der Waals surface area contributed by atoms with Gasteiger partial charge in [0.05, 0.1) is 31.1 Å². The molecule has 7 nitrogen and oxygen atoms in total. The lowest BCUT2D eigenvalue weighted by atomic mass is 9.90. The lowest BCUT2D eigenvalue weighted by Gasteiger charge is -2.29. The molecule has 2 saturated heterocycles. The molecule has 0 saturated carbocycles. The van der Waals surface area contributed by atoms with Crippen LogP contribution in [0.25, 0.3) is 0 Å². The van der Waals surface area contributed by atoms with E-state index in [2.05, 4.69) is 6.92 Å². The average Bonchev–Trinajstić information content (AvgIpc) is 3.41. The number of carbonyl (C=O) groups excluding carboxylic acids is 2. The Kier molecular flexibility index (Phi) is 6.61. The normalized spacial score (nSPS) is 21.1. The fraction of sp³-hybridized carbons (Fsp3) is 0.286. The summed E-state index contributed by atoms with van der Waals surface area (Å²) < 4.78 is 26.0. The Bertz CT molecular complexity index is 1270. The van der Waals surface area contributed by atoms with E-state index >= 15 is 0 Å². The zero-order chi connectivity index (χ0) is 25.2. The number of halogens is 1. The predicted octanol–water partition coefficient (Wildman–Crippen LogP) is 5.06. The fourth-order valence-electron chi connectivity index (χ4n) is 4.74. The molecule has 2 aliphatic rings. The van der Waals surface area contributed by atoms with Crippen molar-refractivity contribution >= 4 is 23.2 Å². The highest BCUT2D eigenvalue weighted by Crippen LogP contribution is 2.48. The molecule has 3 atom stereocenters. The van der Waals surface area contributed by atoms with Crippen LogP contribution in [0.1, 0.15) is 31.4 Å². The van der Waals surface area contributed by atoms with Crippen molar-refractivity contribution in [3.05, 3.63) is 84.2 Å². The van der Waals surface area contributed by atoms with Crippen molar-refractivity contribution in [3.8, 4) is 11.5 Å². The molecular weight excluding hydrogens is 463 g/mol. The molecule has 3 aromatic rings. The summed E-state index contributed by atoms with van der Waals surface area (Å²) in [5, 5.41) is 1.59. The minimum absolute atomic E-state index is 0.0761. The van der Waals surface area contributed by atoms with Crippen LogP contribution in [0.5, 0.6) is 11.5 Å². The van der Waals surface area contributed by atoms with Crippen molar-refractivity contribution in [2.75, 3.05) is 23.7 Å². The van der Waals surface area contributed by atoms with Gasteiger partial charge in [0, 0.05) is 0 Å². The molecule has 2 heterocycles. The molecule has 0 spiro atoms. The number of benzene rings is 3. The molecule has 2 amide bonds. The Morgan fingerprint density at radius 2 is 1.69 bits per heavy atom. The van der Waals surface area contributed by atoms with Gasteiger partial charge >= 0.3 is 0 Å². The molecule has 0 aromatic heterocycles. The molecule has 0 unspecified atom stereocenters. The van der Waals surface area contributed by atoms with Crippen molar-refractivity contribution in [3.63, 3.8) is 0 Å². The van der Waals surface area contributed by atoms with Gasteiger partial charge in [-0.2, -0.15) is 0 Å². The molecule has 36 heavy (non-hydrogen) atoms. The van der Waals surface area contributed by atoms with Gasteiger partial charge in [0.1, 0.15) is 11.7 Å². The monoisotopic (exact) mass is 490 g/mol. The number of ether oxygens (including phenoxy) is 2. The molecule has 0 radical (unpaired) electrons. The number of hydrogen-bond acceptors (Lipinski definition) is 6. The van der Waals surface area contributed by atoms with E-state index in [1.165, 1.54) is 18.2 Å². The third-order valence-corrected chi connectivity index (χ3v) is 6.50. The van der Waals surface area contributed by atoms with Gasteiger partial charge in [-0.05, 0) is 48.4 Å². The minimum Gasteiger partial charge on any atom is -0.493 e. The number of nitrogens with zero attached hydrogens (tertiary/aromatic N) is 2. The Labute approximate surface area is 208 Å². The summed E-state index contributed by atoms with van der Waals surface area (Å²) in [6, 6.07) is 19.8. The first kappa shape index (κ1) is 23.8. The maximum absolute atomic E-state index is 14.6. The van der Waals surface area contributed by atoms with Crippen LogP contribution >= 0.6 is 0 Å². The molecule has 0 N–H and O–H groups in total. The van der Waals surface area contributed by atoms with E-state index in [1.54, 1.807) is 30.4 Å². The maximum atomic E-state index is 14.6. The summed E-state index contributed by atoms with van der Waals surface area (Å²) in [4.78, 5) is 34.1. The van der Waals surface area contributed by atoms with Crippen LogP contribution in [-0.4, -0.2) is 31.6 Å². The molecule has 0 bridgehead atoms. The van der Waals surface area contributed by atoms with Gasteiger partial charge in [-0.3, -0.25) is 14.4 Å². The first-order chi connectivity index (χ1) is 17.5. The first-order valence-electron chi connectivity index (χ1n) is 12.0. The van der Waals surface area contributed by atoms with E-state index in [1.807, 2.05) is 36.4 Å². The van der Waals surface area contributed by atoms with Crippen molar-refractivity contribution < 1.29 is 28.3 Å². The van der Waals surface area contributed by atoms with E-state index < -0.39 is 35.7 Å². The second-order valence-electron chi connectivity index (χ2n) is 8.73. The standard InChI is InChI=1S/C28H27FN2O5/c1-3-4-16-35-22-15-14-18(17-23(22)34-2)25-24-26(36-31(25)19-10-6-5-7-11-19)28(33)30(27(24)32)21-13-9-8-12-20(21)29/h5-15,17,24-26H,3-4,16H2,1-2H3/t24-,25+,26-/m1/s1. The number of fused-ring (bicyclic) bond motifs is 1. The number of methoxy groups -OCH3 is 1. The maximum Gasteiger partial charge on any atom is 0.266 e. The van der Waals surface area contributed by atoms with E-state index in [9.17, 15) is 14.0 Å². The van der Waals surface area contributed by atoms with Crippen LogP contribution in [0.3, 0.4) is 0 Å². The summed E-state index contributed by atoms with van der Waals surface area (Å²) >= 11 is 0. The van der Waals surface area contributed by atoms with Crippen LogP contribution in [0.15, 0.2) is 72.8 Å². The highest BCUT2D eigenvalue weighted by Gasteiger charge is 2.60. The second-order valence-corrected chi connectivity index (χ2v) is 8.73. The first-order valence-corrected chi connectivity index (χ1v) is 12.0. The molecule has 3 aromatic carbocycles. The van der Waals surface area contributed by atoms with Crippen LogP contribution < -0.4 is 19.4 Å². The highest BCUT2D eigenvalue weighted by atomic mass is 19.1. The molecule has 2 aliphatic heterocycles. The molecule has 5 rings (SSSR count). The summed E-state index contributed by atoms with van der Waals surface area (Å²) in [5.41, 5.74) is 1.33. The van der Waals surface area contributed by atoms with E-state index in [4.69, 9.17) is 14.3 Å². The van der Waals surface area contributed by atoms with E-state index in [0.717, 1.165) is 17.7 Å². The van der Waals surface area contributed by atoms with Crippen molar-refractivity contribution in [2.45, 2.75) is 31.9 Å². The lowest BCUT2D eigenvalue weighted by Crippen LogP contribution is -2.37. The zero-order valence-corrected chi connectivity index (χ0v) is 20.1. The number of amides is 2. The number of para-hydroxylation sites is 2. The number of unbranched alkanes of at least 4 members (excludes halogenated alkanes) is 1. The summed E-state index contributed by atoms with van der Waals surface area (Å²) in [6.45, 7) is 2.65. The number of carbonyl (C=O) groups is 2. The smallest absolute Gasteiger partial charge is 0.266 e. The summed E-state index contributed by atoms with van der Waals surface area (Å²) in [7, 11) is 1.55. The zero-order valence-electron chi connectivity index (χ0n) is 20.1. The molecule has 0 aliphatic carbocycles. The number of rotatable bonds is 8. The molecule has 8 heteroatoms. The van der Waals surface area contributed by atoms with Crippen molar-refractivity contribution in [1.29, 1.82) is 0 Å². The van der Waals surface area contributed by atoms with Crippen LogP contribution in [0.2, 0.25) is 0 Å². The highest BCUT2D eigenvalue weighted by molar-refractivity contribution is 6.24. The Balaban J connectivity index is 1.56. The van der Waals surface area contributed by atoms with Crippen molar-refractivity contribution in [1.82, 2.24) is 0 Å². The van der Waals surface area contributed by atoms with Gasteiger partial charge in [0.25, 0.3) is 5.91 Å². The summed E-state index contributed by atoms with van der Waals surface area (Å²) in [6.07, 6.45) is 0.827. The Hall–Kier alpha value is -3.91. The van der Waals surface area contributed by atoms with Crippen molar-refractivity contribution in [2.24, 2.45) is 5.92 Å². The third-order valence-electron chi connectivity index (χ3n) is 6.50. The number of hydroxylamine groups is 1. The molecule has 2 fully saturated rings. The van der Waals surface area contributed by atoms with Gasteiger partial charge < -0.3 is 9.47 Å². The van der Waals surface area contributed by atoms with Crippen LogP contribution in [0, 0.1) is 11.7 Å². The number of imide groups is 1. The Morgan fingerprint density at radius 3 is 2.42 bits per heavy atom. The quantitative estimate of drug-likeness (QED) is 0.325. The fourth-order valence-corrected chi connectivity index (χ4v) is 4.74. The number of hydrogen-bond donors (Lipinski definition) is 0. The Morgan fingerprint density at radius 1 is 0.944 bits per heavy atom. The van der Waals surface area contributed by atoms with Gasteiger partial charge in [0.15, 0.2) is 17.6 Å². The lowest BCUT2D eigenvalue weighted by molar-refractivity contribution is -0.126. The van der Waals surface area contributed by atoms with Gasteiger partial charge in [-0.15, -0.1) is 0 Å². The topological polar surface area (TPSA) is 68.3 Å². The summed E-state index contributed by atoms with van der Waals surface area (Å²) in [5.74, 6) is -1.52.